The third-order valence-corrected chi connectivity index (χ3v) is 6.06. The maximum absolute atomic E-state index is 13.8. The van der Waals surface area contributed by atoms with Crippen molar-refractivity contribution in [3.63, 3.8) is 0 Å². The fourth-order valence-corrected chi connectivity index (χ4v) is 4.15. The van der Waals surface area contributed by atoms with E-state index < -0.39 is 41.4 Å². The number of benzene rings is 2. The number of likely N-dealkylation sites (tertiary alicyclic amines) is 1. The van der Waals surface area contributed by atoms with Crippen LogP contribution in [0.2, 0.25) is 0 Å². The minimum atomic E-state index is -4.77. The van der Waals surface area contributed by atoms with Gasteiger partial charge in [0.15, 0.2) is 5.96 Å². The zero-order valence-electron chi connectivity index (χ0n) is 20.1. The van der Waals surface area contributed by atoms with Crippen molar-refractivity contribution in [1.29, 1.82) is 5.41 Å². The summed E-state index contributed by atoms with van der Waals surface area (Å²) in [6, 6.07) is 6.91. The van der Waals surface area contributed by atoms with Crippen LogP contribution in [0.3, 0.4) is 0 Å². The maximum Gasteiger partial charge on any atom is 0.419 e. The number of hydrogen-bond acceptors (Lipinski definition) is 6. The van der Waals surface area contributed by atoms with E-state index in [9.17, 15) is 31.4 Å². The van der Waals surface area contributed by atoms with Crippen molar-refractivity contribution in [1.82, 2.24) is 15.0 Å². The minimum absolute atomic E-state index is 0. The normalized spacial score (nSPS) is 17.7. The number of aryl methyl sites for hydroxylation is 1. The summed E-state index contributed by atoms with van der Waals surface area (Å²) in [6.07, 6.45) is -9.28. The van der Waals surface area contributed by atoms with Crippen LogP contribution in [-0.4, -0.2) is 45.4 Å². The average molecular weight is 580 g/mol. The summed E-state index contributed by atoms with van der Waals surface area (Å²) < 4.78 is 89.9. The van der Waals surface area contributed by atoms with Gasteiger partial charge in [0, 0.05) is 12.1 Å². The summed E-state index contributed by atoms with van der Waals surface area (Å²) in [4.78, 5) is 5.47. The number of rotatable bonds is 7. The molecule has 39 heavy (non-hydrogen) atoms. The van der Waals surface area contributed by atoms with Crippen LogP contribution in [0.5, 0.6) is 5.75 Å². The number of aromatic nitrogens is 2. The van der Waals surface area contributed by atoms with E-state index in [2.05, 4.69) is 10.1 Å². The zero-order valence-corrected chi connectivity index (χ0v) is 20.9. The molecule has 212 valence electrons. The molecule has 8 nitrogen and oxygen atoms in total. The van der Waals surface area contributed by atoms with Crippen LogP contribution in [0.4, 0.5) is 26.3 Å². The van der Waals surface area contributed by atoms with Gasteiger partial charge in [-0.3, -0.25) is 5.41 Å². The standard InChI is InChI=1S/C24H23F6N5O3.ClH/c25-23(26,27)15-6-3-13(4-7-15)2-1-11-37-18-8-5-14(12-16(18)24(28,29)30)20-33-21(38-34-20)19-17(36)9-10-35(19)22(31)32;/h3-8,12,17,19,36H,1-2,9-11H2,(H3,31,32);1H/t17-,19-;/m0./s1. The van der Waals surface area contributed by atoms with Crippen molar-refractivity contribution in [2.24, 2.45) is 5.73 Å². The molecule has 1 aliphatic heterocycles. The average Bonchev–Trinajstić information content (AvgIpc) is 3.47. The van der Waals surface area contributed by atoms with Crippen LogP contribution in [0, 0.1) is 5.41 Å². The number of guanidine groups is 1. The second kappa shape index (κ2) is 11.7. The molecular formula is C24H24ClF6N5O3. The van der Waals surface area contributed by atoms with E-state index in [4.69, 9.17) is 20.4 Å². The Bertz CT molecular complexity index is 1280. The molecule has 0 radical (unpaired) electrons. The molecule has 15 heteroatoms. The quantitative estimate of drug-likeness (QED) is 0.152. The predicted octanol–water partition coefficient (Wildman–Crippen LogP) is 5.21. The van der Waals surface area contributed by atoms with Crippen molar-refractivity contribution in [3.8, 4) is 17.1 Å². The van der Waals surface area contributed by atoms with Gasteiger partial charge in [0.2, 0.25) is 5.82 Å². The third kappa shape index (κ3) is 6.92. The Morgan fingerprint density at radius 1 is 1.10 bits per heavy atom. The molecule has 1 aromatic heterocycles. The first-order chi connectivity index (χ1) is 17.8. The van der Waals surface area contributed by atoms with E-state index in [1.54, 1.807) is 0 Å². The molecule has 0 spiro atoms. The van der Waals surface area contributed by atoms with Crippen LogP contribution in [0.1, 0.15) is 41.5 Å². The van der Waals surface area contributed by atoms with E-state index in [1.807, 2.05) is 0 Å². The van der Waals surface area contributed by atoms with E-state index in [0.717, 1.165) is 24.3 Å². The Kier molecular flexibility index (Phi) is 9.01. The lowest BCUT2D eigenvalue weighted by Gasteiger charge is -2.22. The summed E-state index contributed by atoms with van der Waals surface area (Å²) in [7, 11) is 0. The lowest BCUT2D eigenvalue weighted by Crippen LogP contribution is -2.37. The van der Waals surface area contributed by atoms with Crippen molar-refractivity contribution >= 4 is 18.4 Å². The molecular weight excluding hydrogens is 556 g/mol. The molecule has 1 aliphatic rings. The molecule has 0 saturated carbocycles. The minimum Gasteiger partial charge on any atom is -0.493 e. The Hall–Kier alpha value is -3.52. The molecule has 0 unspecified atom stereocenters. The molecule has 3 aromatic rings. The Labute approximate surface area is 224 Å². The first-order valence-electron chi connectivity index (χ1n) is 11.5. The van der Waals surface area contributed by atoms with Crippen LogP contribution < -0.4 is 10.5 Å². The van der Waals surface area contributed by atoms with Crippen LogP contribution in [-0.2, 0) is 18.8 Å². The Morgan fingerprint density at radius 2 is 1.79 bits per heavy atom. The SMILES string of the molecule is Cl.N=C(N)N1CC[C@H](O)[C@H]1c1nc(-c2ccc(OCCCc3ccc(C(F)(F)F)cc3)c(C(F)(F)F)c2)no1. The summed E-state index contributed by atoms with van der Waals surface area (Å²) in [5.74, 6) is -0.976. The molecule has 2 atom stereocenters. The largest absolute Gasteiger partial charge is 0.493 e. The fourth-order valence-electron chi connectivity index (χ4n) is 4.15. The van der Waals surface area contributed by atoms with E-state index in [-0.39, 0.29) is 55.2 Å². The Balaban J connectivity index is 0.00000420. The number of nitrogens with one attached hydrogen (secondary N) is 1. The molecule has 4 N–H and O–H groups in total. The zero-order chi connectivity index (χ0) is 27.7. The monoisotopic (exact) mass is 579 g/mol. The van der Waals surface area contributed by atoms with Gasteiger partial charge >= 0.3 is 12.4 Å². The van der Waals surface area contributed by atoms with Crippen molar-refractivity contribution in [3.05, 3.63) is 65.0 Å². The number of aliphatic hydroxyl groups excluding tert-OH is 1. The lowest BCUT2D eigenvalue weighted by atomic mass is 10.1. The molecule has 4 rings (SSSR count). The van der Waals surface area contributed by atoms with Gasteiger partial charge in [-0.25, -0.2) is 0 Å². The highest BCUT2D eigenvalue weighted by Crippen LogP contribution is 2.39. The van der Waals surface area contributed by atoms with Crippen LogP contribution in [0.15, 0.2) is 47.0 Å². The lowest BCUT2D eigenvalue weighted by molar-refractivity contribution is -0.139. The summed E-state index contributed by atoms with van der Waals surface area (Å²) in [5.41, 5.74) is 4.26. The van der Waals surface area contributed by atoms with Gasteiger partial charge in [0.1, 0.15) is 11.8 Å². The molecule has 0 aliphatic carbocycles. The maximum atomic E-state index is 13.8. The Morgan fingerprint density at radius 3 is 2.41 bits per heavy atom. The van der Waals surface area contributed by atoms with Gasteiger partial charge in [-0.15, -0.1) is 12.4 Å². The molecule has 1 fully saturated rings. The molecule has 2 aromatic carbocycles. The van der Waals surface area contributed by atoms with Gasteiger partial charge in [0.25, 0.3) is 5.89 Å². The second-order valence-corrected chi connectivity index (χ2v) is 8.69. The smallest absolute Gasteiger partial charge is 0.419 e. The van der Waals surface area contributed by atoms with E-state index >= 15 is 0 Å². The number of halogens is 7. The molecule has 1 saturated heterocycles. The van der Waals surface area contributed by atoms with Gasteiger partial charge in [-0.1, -0.05) is 17.3 Å². The van der Waals surface area contributed by atoms with Gasteiger partial charge in [-0.05, 0) is 55.2 Å². The highest BCUT2D eigenvalue weighted by atomic mass is 35.5. The number of nitrogens with two attached hydrogens (primary N) is 1. The number of ether oxygens (including phenoxy) is 1. The second-order valence-electron chi connectivity index (χ2n) is 8.69. The van der Waals surface area contributed by atoms with Crippen molar-refractivity contribution in [2.45, 2.75) is 43.8 Å². The first-order valence-corrected chi connectivity index (χ1v) is 11.5. The summed E-state index contributed by atoms with van der Waals surface area (Å²) >= 11 is 0. The van der Waals surface area contributed by atoms with Gasteiger partial charge < -0.3 is 25.0 Å². The van der Waals surface area contributed by atoms with Crippen LogP contribution in [0.25, 0.3) is 11.4 Å². The van der Waals surface area contributed by atoms with Gasteiger partial charge in [-0.2, -0.15) is 31.3 Å². The topological polar surface area (TPSA) is 121 Å². The van der Waals surface area contributed by atoms with Crippen LogP contribution >= 0.6 is 12.4 Å². The highest BCUT2D eigenvalue weighted by molar-refractivity contribution is 5.85. The molecule has 0 bridgehead atoms. The van der Waals surface area contributed by atoms with Crippen molar-refractivity contribution in [2.75, 3.05) is 13.2 Å². The van der Waals surface area contributed by atoms with Crippen molar-refractivity contribution < 1.29 is 40.7 Å². The molecule has 0 amide bonds. The first kappa shape index (κ1) is 30.0. The number of alkyl halides is 6. The highest BCUT2D eigenvalue weighted by Gasteiger charge is 2.40. The fraction of sp³-hybridized carbons (Fsp3) is 0.375. The van der Waals surface area contributed by atoms with Gasteiger partial charge in [0.05, 0.1) is 23.8 Å². The van der Waals surface area contributed by atoms with E-state index in [0.29, 0.717) is 18.4 Å². The predicted molar refractivity (Wildman–Crippen MR) is 129 cm³/mol. The summed E-state index contributed by atoms with van der Waals surface area (Å²) in [6.45, 7) is 0.179. The number of hydrogen-bond donors (Lipinski definition) is 3. The molecule has 2 heterocycles. The summed E-state index contributed by atoms with van der Waals surface area (Å²) in [5, 5.41) is 21.6. The third-order valence-electron chi connectivity index (χ3n) is 6.06. The number of nitrogens with zero attached hydrogens (tertiary/aromatic N) is 3. The van der Waals surface area contributed by atoms with E-state index in [1.165, 1.54) is 23.1 Å². The number of aliphatic hydroxyl groups is 1.